The summed E-state index contributed by atoms with van der Waals surface area (Å²) in [4.78, 5) is 15.4. The number of pyridine rings is 1. The number of carbonyl (C=O) groups is 1. The summed E-state index contributed by atoms with van der Waals surface area (Å²) in [6.45, 7) is 2.29. The number of hydrogen-bond donors (Lipinski definition) is 0. The quantitative estimate of drug-likeness (QED) is 0.701. The highest BCUT2D eigenvalue weighted by Gasteiger charge is 2.07. The number of esters is 1. The molecule has 0 unspecified atom stereocenters. The van der Waals surface area contributed by atoms with Crippen LogP contribution >= 0.6 is 0 Å². The lowest BCUT2D eigenvalue weighted by Crippen LogP contribution is -2.14. The van der Waals surface area contributed by atoms with Crippen molar-refractivity contribution in [2.45, 2.75) is 13.5 Å². The van der Waals surface area contributed by atoms with Gasteiger partial charge in [0.1, 0.15) is 12.1 Å². The molecule has 78 valence electrons. The average Bonchev–Trinajstić information content (AvgIpc) is 2.62. The van der Waals surface area contributed by atoms with Gasteiger partial charge < -0.3 is 4.74 Å². The number of fused-ring (bicyclic) bond motifs is 1. The molecular formula is C10H11N3O2. The third-order valence-corrected chi connectivity index (χ3v) is 2.00. The first-order chi connectivity index (χ1) is 7.31. The lowest BCUT2D eigenvalue weighted by molar-refractivity contribution is -0.143. The van der Waals surface area contributed by atoms with Gasteiger partial charge in [0.25, 0.3) is 0 Å². The van der Waals surface area contributed by atoms with E-state index in [1.807, 2.05) is 12.1 Å². The Hall–Kier alpha value is -1.91. The second-order valence-corrected chi connectivity index (χ2v) is 3.02. The van der Waals surface area contributed by atoms with Gasteiger partial charge in [-0.25, -0.2) is 0 Å². The fraction of sp³-hybridized carbons (Fsp3) is 0.300. The minimum absolute atomic E-state index is 0.128. The zero-order chi connectivity index (χ0) is 10.7. The van der Waals surface area contributed by atoms with Crippen LogP contribution in [0.5, 0.6) is 0 Å². The van der Waals surface area contributed by atoms with E-state index in [1.54, 1.807) is 24.0 Å². The molecule has 0 aromatic carbocycles. The summed E-state index contributed by atoms with van der Waals surface area (Å²) in [5, 5.41) is 4.07. The summed E-state index contributed by atoms with van der Waals surface area (Å²) in [5.41, 5.74) is 1.62. The Morgan fingerprint density at radius 3 is 3.27 bits per heavy atom. The Balaban J connectivity index is 2.25. The molecule has 0 N–H and O–H groups in total. The third kappa shape index (κ3) is 1.96. The molecular weight excluding hydrogens is 194 g/mol. The maximum atomic E-state index is 11.3. The Kier molecular flexibility index (Phi) is 2.62. The molecule has 0 fully saturated rings. The second-order valence-electron chi connectivity index (χ2n) is 3.02. The summed E-state index contributed by atoms with van der Waals surface area (Å²) in [6.07, 6.45) is 3.33. The molecule has 5 nitrogen and oxygen atoms in total. The number of aromatic nitrogens is 3. The number of rotatable bonds is 3. The SMILES string of the molecule is CCOC(=O)Cn1ncc2ncccc21. The summed E-state index contributed by atoms with van der Waals surface area (Å²) >= 11 is 0. The second kappa shape index (κ2) is 4.08. The van der Waals surface area contributed by atoms with Crippen LogP contribution in [0.2, 0.25) is 0 Å². The van der Waals surface area contributed by atoms with Gasteiger partial charge in [-0.15, -0.1) is 0 Å². The zero-order valence-electron chi connectivity index (χ0n) is 8.38. The molecule has 0 spiro atoms. The zero-order valence-corrected chi connectivity index (χ0v) is 8.38. The van der Waals surface area contributed by atoms with E-state index in [0.29, 0.717) is 6.61 Å². The van der Waals surface area contributed by atoms with E-state index in [0.717, 1.165) is 11.0 Å². The van der Waals surface area contributed by atoms with Crippen molar-refractivity contribution < 1.29 is 9.53 Å². The maximum Gasteiger partial charge on any atom is 0.327 e. The van der Waals surface area contributed by atoms with Gasteiger partial charge in [-0.1, -0.05) is 0 Å². The first-order valence-electron chi connectivity index (χ1n) is 4.73. The topological polar surface area (TPSA) is 57.0 Å². The molecule has 0 aliphatic heterocycles. The van der Waals surface area contributed by atoms with Crippen LogP contribution in [0.3, 0.4) is 0 Å². The monoisotopic (exact) mass is 205 g/mol. The molecule has 0 bridgehead atoms. The van der Waals surface area contributed by atoms with Gasteiger partial charge in [0.15, 0.2) is 0 Å². The largest absolute Gasteiger partial charge is 0.465 e. The van der Waals surface area contributed by atoms with Gasteiger partial charge in [-0.3, -0.25) is 14.5 Å². The molecule has 2 rings (SSSR count). The smallest absolute Gasteiger partial charge is 0.327 e. The average molecular weight is 205 g/mol. The van der Waals surface area contributed by atoms with Gasteiger partial charge in [0, 0.05) is 6.20 Å². The minimum atomic E-state index is -0.286. The van der Waals surface area contributed by atoms with Crippen LogP contribution in [0.1, 0.15) is 6.92 Å². The van der Waals surface area contributed by atoms with Crippen molar-refractivity contribution >= 4 is 17.0 Å². The van der Waals surface area contributed by atoms with Crippen LogP contribution in [0.4, 0.5) is 0 Å². The minimum Gasteiger partial charge on any atom is -0.465 e. The summed E-state index contributed by atoms with van der Waals surface area (Å²) in [5.74, 6) is -0.286. The standard InChI is InChI=1S/C10H11N3O2/c1-2-15-10(14)7-13-9-4-3-5-11-8(9)6-12-13/h3-6H,2,7H2,1H3. The molecule has 5 heteroatoms. The number of ether oxygens (including phenoxy) is 1. The summed E-state index contributed by atoms with van der Waals surface area (Å²) in [6, 6.07) is 3.68. The van der Waals surface area contributed by atoms with Gasteiger partial charge >= 0.3 is 5.97 Å². The molecule has 2 aromatic heterocycles. The van der Waals surface area contributed by atoms with Crippen LogP contribution < -0.4 is 0 Å². The van der Waals surface area contributed by atoms with E-state index in [4.69, 9.17) is 4.74 Å². The van der Waals surface area contributed by atoms with E-state index in [-0.39, 0.29) is 12.5 Å². The predicted molar refractivity (Wildman–Crippen MR) is 54.2 cm³/mol. The highest BCUT2D eigenvalue weighted by Crippen LogP contribution is 2.09. The van der Waals surface area contributed by atoms with E-state index in [1.165, 1.54) is 0 Å². The highest BCUT2D eigenvalue weighted by molar-refractivity contribution is 5.76. The fourth-order valence-electron chi connectivity index (χ4n) is 1.37. The maximum absolute atomic E-state index is 11.3. The number of nitrogens with zero attached hydrogens (tertiary/aromatic N) is 3. The summed E-state index contributed by atoms with van der Waals surface area (Å²) in [7, 11) is 0. The first kappa shape index (κ1) is 9.64. The van der Waals surface area contributed by atoms with Crippen LogP contribution in [-0.2, 0) is 16.1 Å². The number of carbonyl (C=O) groups excluding carboxylic acids is 1. The number of hydrogen-bond acceptors (Lipinski definition) is 4. The van der Waals surface area contributed by atoms with E-state index in [2.05, 4.69) is 10.1 Å². The highest BCUT2D eigenvalue weighted by atomic mass is 16.5. The van der Waals surface area contributed by atoms with Crippen LogP contribution in [-0.4, -0.2) is 27.3 Å². The van der Waals surface area contributed by atoms with Crippen LogP contribution in [0.25, 0.3) is 11.0 Å². The van der Waals surface area contributed by atoms with Gasteiger partial charge in [-0.05, 0) is 19.1 Å². The molecule has 0 amide bonds. The molecule has 0 saturated heterocycles. The van der Waals surface area contributed by atoms with Gasteiger partial charge in [0.2, 0.25) is 0 Å². The predicted octanol–water partition coefficient (Wildman–Crippen LogP) is 0.994. The molecule has 15 heavy (non-hydrogen) atoms. The Morgan fingerprint density at radius 1 is 1.60 bits per heavy atom. The molecule has 0 radical (unpaired) electrons. The lowest BCUT2D eigenvalue weighted by Gasteiger charge is -2.02. The van der Waals surface area contributed by atoms with Crippen molar-refractivity contribution in [3.8, 4) is 0 Å². The molecule has 2 aromatic rings. The van der Waals surface area contributed by atoms with Crippen LogP contribution in [0.15, 0.2) is 24.5 Å². The van der Waals surface area contributed by atoms with Crippen molar-refractivity contribution in [1.82, 2.24) is 14.8 Å². The van der Waals surface area contributed by atoms with Crippen LogP contribution in [0, 0.1) is 0 Å². The lowest BCUT2D eigenvalue weighted by atomic mass is 10.4. The van der Waals surface area contributed by atoms with Crippen molar-refractivity contribution in [1.29, 1.82) is 0 Å². The Bertz CT molecular complexity index is 478. The van der Waals surface area contributed by atoms with Gasteiger partial charge in [0.05, 0.1) is 18.3 Å². The molecule has 2 heterocycles. The van der Waals surface area contributed by atoms with E-state index < -0.39 is 0 Å². The van der Waals surface area contributed by atoms with Crippen molar-refractivity contribution in [2.75, 3.05) is 6.61 Å². The normalized spacial score (nSPS) is 10.5. The molecule has 0 saturated carbocycles. The molecule has 0 aliphatic carbocycles. The fourth-order valence-corrected chi connectivity index (χ4v) is 1.37. The van der Waals surface area contributed by atoms with Crippen molar-refractivity contribution in [2.24, 2.45) is 0 Å². The Morgan fingerprint density at radius 2 is 2.47 bits per heavy atom. The molecule has 0 aliphatic rings. The van der Waals surface area contributed by atoms with E-state index >= 15 is 0 Å². The first-order valence-corrected chi connectivity index (χ1v) is 4.73. The summed E-state index contributed by atoms with van der Waals surface area (Å²) < 4.78 is 6.43. The molecule has 0 atom stereocenters. The van der Waals surface area contributed by atoms with Gasteiger partial charge in [-0.2, -0.15) is 5.10 Å². The van der Waals surface area contributed by atoms with E-state index in [9.17, 15) is 4.79 Å². The third-order valence-electron chi connectivity index (χ3n) is 2.00. The van der Waals surface area contributed by atoms with Crippen molar-refractivity contribution in [3.05, 3.63) is 24.5 Å². The Labute approximate surface area is 86.7 Å². The van der Waals surface area contributed by atoms with Crippen molar-refractivity contribution in [3.63, 3.8) is 0 Å².